The fourth-order valence-electron chi connectivity index (χ4n) is 15.5. The Balaban J connectivity index is 0.000000141. The Morgan fingerprint density at radius 3 is 1.15 bits per heavy atom. The van der Waals surface area contributed by atoms with Gasteiger partial charge in [-0.25, -0.2) is 9.97 Å². The first-order valence-electron chi connectivity index (χ1n) is 34.5. The smallest absolute Gasteiger partial charge is 0.171 e. The van der Waals surface area contributed by atoms with Crippen LogP contribution in [0.1, 0.15) is 0 Å². The third kappa shape index (κ3) is 10.0. The van der Waals surface area contributed by atoms with Crippen molar-refractivity contribution in [1.82, 2.24) is 18.8 Å². The molecule has 0 spiro atoms. The van der Waals surface area contributed by atoms with Crippen LogP contribution in [0.5, 0.6) is 0 Å². The summed E-state index contributed by atoms with van der Waals surface area (Å²) in [6.45, 7) is 0. The van der Waals surface area contributed by atoms with Gasteiger partial charge in [-0.05, 0) is 131 Å². The molecule has 0 saturated heterocycles. The van der Waals surface area contributed by atoms with Gasteiger partial charge in [0.05, 0.1) is 33.1 Å². The molecule has 0 amide bonds. The number of rotatable bonds is 10. The number of para-hydroxylation sites is 4. The molecule has 480 valence electrons. The van der Waals surface area contributed by atoms with Gasteiger partial charge in [-0.15, -0.1) is 0 Å². The average molecular weight is 1340 g/mol. The van der Waals surface area contributed by atoms with Crippen molar-refractivity contribution < 1.29 is 9.13 Å². The van der Waals surface area contributed by atoms with Crippen molar-refractivity contribution in [3.8, 4) is 44.5 Å². The van der Waals surface area contributed by atoms with Crippen molar-refractivity contribution in [2.75, 3.05) is 0 Å². The molecule has 0 aliphatic rings. The molecule has 0 radical (unpaired) electrons. The van der Waals surface area contributed by atoms with Crippen molar-refractivity contribution in [2.45, 2.75) is 0 Å². The first kappa shape index (κ1) is 60.6. The van der Waals surface area contributed by atoms with Gasteiger partial charge in [-0.1, -0.05) is 322 Å². The lowest BCUT2D eigenvalue weighted by atomic mass is 9.95. The second-order valence-electron chi connectivity index (χ2n) is 26.2. The van der Waals surface area contributed by atoms with Gasteiger partial charge in [0.2, 0.25) is 0 Å². The molecule has 8 heteroatoms. The largest absolute Gasteiger partial charge is 0.309 e. The predicted octanol–water partition coefficient (Wildman–Crippen LogP) is 21.8. The summed E-state index contributed by atoms with van der Waals surface area (Å²) < 4.78 is 35.0. The molecule has 6 nitrogen and oxygen atoms in total. The predicted molar refractivity (Wildman–Crippen MR) is 431 cm³/mol. The first-order chi connectivity index (χ1) is 50.3. The molecule has 4 aromatic heterocycles. The molecule has 0 fully saturated rings. The lowest BCUT2D eigenvalue weighted by Crippen LogP contribution is -2.25. The second kappa shape index (κ2) is 24.7. The zero-order valence-electron chi connectivity index (χ0n) is 55.3. The summed E-state index contributed by atoms with van der Waals surface area (Å²) in [6, 6.07) is 130. The Morgan fingerprint density at radius 2 is 0.598 bits per heavy atom. The SMILES string of the molecule is O=P(c1ccccc1)(c1ccccc1)c1ccc2cc(-c3cccc(-c4ccc5c6ccccc6c6nc7ccccc7n6c5c4)c3)ccc2c1.O=P(c1ccccc1)(c1ccccc1)c1cccc2c(-c3ccc(-c4ccc5c6ccccc6c6nc7ccccc7n6c5c4)cc3)cccc12. The summed E-state index contributed by atoms with van der Waals surface area (Å²) in [5, 5.41) is 16.5. The summed E-state index contributed by atoms with van der Waals surface area (Å²) >= 11 is 0. The number of imidazole rings is 2. The van der Waals surface area contributed by atoms with E-state index in [-0.39, 0.29) is 0 Å². The summed E-state index contributed by atoms with van der Waals surface area (Å²) in [5.74, 6) is 0. The van der Waals surface area contributed by atoms with Crippen LogP contribution < -0.4 is 31.8 Å². The lowest BCUT2D eigenvalue weighted by Gasteiger charge is -2.22. The molecule has 20 aromatic rings. The summed E-state index contributed by atoms with van der Waals surface area (Å²) in [4.78, 5) is 10.1. The highest BCUT2D eigenvalue weighted by Gasteiger charge is 2.33. The van der Waals surface area contributed by atoms with E-state index in [4.69, 9.17) is 9.97 Å². The van der Waals surface area contributed by atoms with Gasteiger partial charge in [-0.3, -0.25) is 8.80 Å². The number of nitrogens with zero attached hydrogens (tertiary/aromatic N) is 4. The molecular formula is C94H62N4O2P2. The van der Waals surface area contributed by atoms with Crippen molar-refractivity contribution in [3.63, 3.8) is 0 Å². The number of pyridine rings is 2. The van der Waals surface area contributed by atoms with Crippen LogP contribution in [0.4, 0.5) is 0 Å². The molecule has 0 bridgehead atoms. The number of fused-ring (bicyclic) bond motifs is 18. The Bertz CT molecular complexity index is 6730. The molecule has 0 aliphatic carbocycles. The normalized spacial score (nSPS) is 12.0. The van der Waals surface area contributed by atoms with E-state index >= 15 is 4.57 Å². The van der Waals surface area contributed by atoms with Crippen LogP contribution in [0, 0.1) is 0 Å². The molecule has 102 heavy (non-hydrogen) atoms. The minimum absolute atomic E-state index is 0.836. The Kier molecular flexibility index (Phi) is 14.7. The number of benzene rings is 16. The van der Waals surface area contributed by atoms with E-state index in [1.807, 2.05) is 146 Å². The van der Waals surface area contributed by atoms with Gasteiger partial charge >= 0.3 is 0 Å². The minimum Gasteiger partial charge on any atom is -0.309 e. The quantitative estimate of drug-likeness (QED) is 0.101. The van der Waals surface area contributed by atoms with E-state index in [9.17, 15) is 4.57 Å². The topological polar surface area (TPSA) is 68.7 Å². The summed E-state index contributed by atoms with van der Waals surface area (Å²) in [7, 11) is -6.21. The van der Waals surface area contributed by atoms with E-state index in [1.165, 1.54) is 21.5 Å². The van der Waals surface area contributed by atoms with Gasteiger partial charge in [0.15, 0.2) is 14.3 Å². The molecular weight excluding hydrogens is 1280 g/mol. The van der Waals surface area contributed by atoms with Crippen LogP contribution in [0.15, 0.2) is 376 Å². The average Bonchev–Trinajstić information content (AvgIpc) is 1.53. The van der Waals surface area contributed by atoms with Crippen LogP contribution in [-0.4, -0.2) is 18.8 Å². The van der Waals surface area contributed by atoms with Crippen molar-refractivity contribution in [2.24, 2.45) is 0 Å². The molecule has 0 saturated carbocycles. The van der Waals surface area contributed by atoms with Gasteiger partial charge < -0.3 is 9.13 Å². The second-order valence-corrected chi connectivity index (χ2v) is 31.7. The van der Waals surface area contributed by atoms with E-state index < -0.39 is 14.3 Å². The number of hydrogen-bond donors (Lipinski definition) is 0. The van der Waals surface area contributed by atoms with Gasteiger partial charge in [0.1, 0.15) is 11.3 Å². The third-order valence-corrected chi connectivity index (χ3v) is 26.7. The minimum atomic E-state index is -3.15. The van der Waals surface area contributed by atoms with E-state index in [1.54, 1.807) is 0 Å². The zero-order valence-corrected chi connectivity index (χ0v) is 57.1. The Hall–Kier alpha value is -12.6. The first-order valence-corrected chi connectivity index (χ1v) is 37.9. The van der Waals surface area contributed by atoms with E-state index in [0.29, 0.717) is 0 Å². The molecule has 16 aromatic carbocycles. The molecule has 0 atom stereocenters. The van der Waals surface area contributed by atoms with Crippen LogP contribution in [0.25, 0.3) is 143 Å². The monoisotopic (exact) mass is 1340 g/mol. The van der Waals surface area contributed by atoms with Crippen LogP contribution in [0.2, 0.25) is 0 Å². The standard InChI is InChI=1S/2C47H31N2OP/c50-51(35-13-3-1-4-14-35,36-15-5-2-6-16-36)46-24-12-20-38-37(19-11-21-41(38)46)33-27-25-32(26-28-33)34-29-30-40-39-17-7-8-18-42(39)47-48-43-22-9-10-23-44(43)49(47)45(40)31-34;50-51(38-14-3-1-4-15-38,39-16-5-2-6-17-39)40-26-24-35-29-34(22-23-36(35)30-40)32-12-11-13-33(28-32)37-25-27-42-41-18-7-8-19-43(41)47-48-44-20-9-10-21-45(44)49(47)46(42)31-37/h2*1-31H. The highest BCUT2D eigenvalue weighted by molar-refractivity contribution is 7.86. The van der Waals surface area contributed by atoms with Gasteiger partial charge in [0.25, 0.3) is 0 Å². The van der Waals surface area contributed by atoms with Crippen molar-refractivity contribution in [1.29, 1.82) is 0 Å². The highest BCUT2D eigenvalue weighted by Crippen LogP contribution is 2.47. The van der Waals surface area contributed by atoms with Gasteiger partial charge in [-0.2, -0.15) is 0 Å². The Morgan fingerprint density at radius 1 is 0.216 bits per heavy atom. The van der Waals surface area contributed by atoms with Crippen molar-refractivity contribution >= 4 is 144 Å². The molecule has 20 rings (SSSR count). The molecule has 0 aliphatic heterocycles. The summed E-state index contributed by atoms with van der Waals surface area (Å²) in [5.41, 5.74) is 17.6. The fraction of sp³-hybridized carbons (Fsp3) is 0. The fourth-order valence-corrected chi connectivity index (χ4v) is 21.1. The van der Waals surface area contributed by atoms with Crippen LogP contribution >= 0.6 is 14.3 Å². The maximum atomic E-state index is 15.4. The van der Waals surface area contributed by atoms with E-state index in [0.717, 1.165) is 153 Å². The lowest BCUT2D eigenvalue weighted by molar-refractivity contribution is 0.591. The van der Waals surface area contributed by atoms with Crippen LogP contribution in [-0.2, 0) is 9.13 Å². The summed E-state index contributed by atoms with van der Waals surface area (Å²) in [6.07, 6.45) is 0. The number of hydrogen-bond acceptors (Lipinski definition) is 4. The molecule has 4 heterocycles. The maximum Gasteiger partial charge on any atom is 0.171 e. The molecule has 0 N–H and O–H groups in total. The highest BCUT2D eigenvalue weighted by atomic mass is 31.2. The maximum absolute atomic E-state index is 15.4. The van der Waals surface area contributed by atoms with Crippen LogP contribution in [0.3, 0.4) is 0 Å². The Labute approximate surface area is 589 Å². The molecule has 0 unspecified atom stereocenters. The van der Waals surface area contributed by atoms with Gasteiger partial charge in [0, 0.05) is 53.4 Å². The van der Waals surface area contributed by atoms with Crippen molar-refractivity contribution in [3.05, 3.63) is 376 Å². The third-order valence-electron chi connectivity index (χ3n) is 20.5. The van der Waals surface area contributed by atoms with E-state index in [2.05, 4.69) is 239 Å². The number of aromatic nitrogens is 4. The zero-order chi connectivity index (χ0) is 67.9.